The molecule has 1 rings (SSSR count). The van der Waals surface area contributed by atoms with Gasteiger partial charge in [-0.25, -0.2) is 4.39 Å². The summed E-state index contributed by atoms with van der Waals surface area (Å²) >= 11 is 5.63. The van der Waals surface area contributed by atoms with Gasteiger partial charge in [0.1, 0.15) is 11.7 Å². The summed E-state index contributed by atoms with van der Waals surface area (Å²) in [6.45, 7) is -0.452. The molecule has 0 spiro atoms. The van der Waals surface area contributed by atoms with E-state index >= 15 is 0 Å². The highest BCUT2D eigenvalue weighted by molar-refractivity contribution is 6.30. The summed E-state index contributed by atoms with van der Waals surface area (Å²) < 4.78 is 17.4. The Labute approximate surface area is 91.4 Å². The number of benzene rings is 1. The second kappa shape index (κ2) is 5.09. The van der Waals surface area contributed by atoms with Crippen LogP contribution in [0.3, 0.4) is 0 Å². The van der Waals surface area contributed by atoms with Crippen LogP contribution in [0.15, 0.2) is 18.2 Å². The van der Waals surface area contributed by atoms with Gasteiger partial charge in [0, 0.05) is 5.02 Å². The summed E-state index contributed by atoms with van der Waals surface area (Å²) in [4.78, 5) is 11.2. The van der Waals surface area contributed by atoms with Gasteiger partial charge >= 0.3 is 5.97 Å². The van der Waals surface area contributed by atoms with Crippen molar-refractivity contribution in [3.8, 4) is 0 Å². The number of hydrogen-bond donors (Lipinski definition) is 1. The largest absolute Gasteiger partial charge is 0.468 e. The van der Waals surface area contributed by atoms with Crippen molar-refractivity contribution in [2.45, 2.75) is 5.92 Å². The molecule has 0 heterocycles. The van der Waals surface area contributed by atoms with Crippen LogP contribution >= 0.6 is 11.6 Å². The minimum Gasteiger partial charge on any atom is -0.468 e. The van der Waals surface area contributed by atoms with E-state index in [0.717, 1.165) is 12.1 Å². The minimum absolute atomic E-state index is 0.173. The third kappa shape index (κ3) is 2.91. The van der Waals surface area contributed by atoms with Crippen molar-refractivity contribution in [3.63, 3.8) is 0 Å². The molecule has 1 atom stereocenters. The molecule has 0 fully saturated rings. The van der Waals surface area contributed by atoms with Gasteiger partial charge in [0.25, 0.3) is 0 Å². The molecule has 0 bridgehead atoms. The number of aliphatic hydroxyl groups is 1. The maximum atomic E-state index is 13.0. The fourth-order valence-electron chi connectivity index (χ4n) is 1.23. The number of ether oxygens (including phenoxy) is 1. The van der Waals surface area contributed by atoms with Gasteiger partial charge in [0.2, 0.25) is 0 Å². The van der Waals surface area contributed by atoms with Crippen LogP contribution in [-0.2, 0) is 9.53 Å². The van der Waals surface area contributed by atoms with Crippen molar-refractivity contribution >= 4 is 17.6 Å². The van der Waals surface area contributed by atoms with Crippen LogP contribution in [0.25, 0.3) is 0 Å². The van der Waals surface area contributed by atoms with E-state index in [1.807, 2.05) is 0 Å². The van der Waals surface area contributed by atoms with Gasteiger partial charge in [-0.3, -0.25) is 4.79 Å². The molecule has 3 nitrogen and oxygen atoms in total. The van der Waals surface area contributed by atoms with Gasteiger partial charge in [0.05, 0.1) is 13.7 Å². The summed E-state index contributed by atoms with van der Waals surface area (Å²) in [6.07, 6.45) is 0. The van der Waals surface area contributed by atoms with Gasteiger partial charge in [-0.15, -0.1) is 0 Å². The van der Waals surface area contributed by atoms with Crippen LogP contribution < -0.4 is 0 Å². The van der Waals surface area contributed by atoms with Gasteiger partial charge in [-0.05, 0) is 23.8 Å². The average molecular weight is 233 g/mol. The number of carbonyl (C=O) groups is 1. The maximum Gasteiger partial charge on any atom is 0.315 e. The number of hydrogen-bond acceptors (Lipinski definition) is 3. The summed E-state index contributed by atoms with van der Waals surface area (Å²) in [5.74, 6) is -2.08. The number of rotatable bonds is 3. The molecule has 0 aromatic heterocycles. The molecule has 15 heavy (non-hydrogen) atoms. The molecule has 0 aliphatic heterocycles. The number of carbonyl (C=O) groups excluding carboxylic acids is 1. The molecular weight excluding hydrogens is 223 g/mol. The highest BCUT2D eigenvalue weighted by Gasteiger charge is 2.21. The smallest absolute Gasteiger partial charge is 0.315 e. The predicted octanol–water partition coefficient (Wildman–Crippen LogP) is 1.73. The third-order valence-electron chi connectivity index (χ3n) is 1.96. The summed E-state index contributed by atoms with van der Waals surface area (Å²) in [6, 6.07) is 3.68. The Balaban J connectivity index is 3.06. The van der Waals surface area contributed by atoms with Crippen molar-refractivity contribution in [3.05, 3.63) is 34.6 Å². The Kier molecular flexibility index (Phi) is 4.05. The molecule has 1 aromatic rings. The number of aliphatic hydroxyl groups excluding tert-OH is 1. The summed E-state index contributed by atoms with van der Waals surface area (Å²) in [5, 5.41) is 9.17. The Morgan fingerprint density at radius 1 is 1.60 bits per heavy atom. The monoisotopic (exact) mass is 232 g/mol. The summed E-state index contributed by atoms with van der Waals surface area (Å²) in [7, 11) is 1.20. The minimum atomic E-state index is -0.900. The average Bonchev–Trinajstić information content (AvgIpc) is 2.17. The third-order valence-corrected chi connectivity index (χ3v) is 2.17. The zero-order valence-electron chi connectivity index (χ0n) is 8.04. The van der Waals surface area contributed by atoms with Crippen molar-refractivity contribution in [1.82, 2.24) is 0 Å². The number of halogens is 2. The van der Waals surface area contributed by atoms with E-state index in [2.05, 4.69) is 4.74 Å². The first kappa shape index (κ1) is 11.9. The SMILES string of the molecule is COC(=O)C(CO)c1cc(F)cc(Cl)c1. The van der Waals surface area contributed by atoms with Crippen LogP contribution in [-0.4, -0.2) is 24.8 Å². The first-order valence-corrected chi connectivity index (χ1v) is 4.61. The van der Waals surface area contributed by atoms with E-state index in [1.165, 1.54) is 13.2 Å². The lowest BCUT2D eigenvalue weighted by molar-refractivity contribution is -0.143. The van der Waals surface area contributed by atoms with Crippen LogP contribution in [0, 0.1) is 5.82 Å². The molecule has 0 saturated carbocycles. The lowest BCUT2D eigenvalue weighted by atomic mass is 10.0. The quantitative estimate of drug-likeness (QED) is 0.808. The molecule has 5 heteroatoms. The fraction of sp³-hybridized carbons (Fsp3) is 0.300. The first-order chi connectivity index (χ1) is 7.08. The van der Waals surface area contributed by atoms with Crippen LogP contribution in [0.2, 0.25) is 5.02 Å². The standard InChI is InChI=1S/C10H10ClFO3/c1-15-10(14)9(5-13)6-2-7(11)4-8(12)3-6/h2-4,9,13H,5H2,1H3. The fourth-order valence-corrected chi connectivity index (χ4v) is 1.46. The molecule has 1 unspecified atom stereocenters. The molecule has 0 amide bonds. The first-order valence-electron chi connectivity index (χ1n) is 4.23. The van der Waals surface area contributed by atoms with E-state index in [9.17, 15) is 9.18 Å². The molecule has 0 saturated heterocycles. The Morgan fingerprint density at radius 2 is 2.27 bits per heavy atom. The Morgan fingerprint density at radius 3 is 2.73 bits per heavy atom. The lowest BCUT2D eigenvalue weighted by Crippen LogP contribution is -2.18. The second-order valence-corrected chi connectivity index (χ2v) is 3.40. The van der Waals surface area contributed by atoms with Gasteiger partial charge in [-0.1, -0.05) is 11.6 Å². The Bertz CT molecular complexity index is 347. The molecule has 1 N–H and O–H groups in total. The number of esters is 1. The van der Waals surface area contributed by atoms with Crippen molar-refractivity contribution in [2.75, 3.05) is 13.7 Å². The van der Waals surface area contributed by atoms with Crippen molar-refractivity contribution in [2.24, 2.45) is 0 Å². The van der Waals surface area contributed by atoms with Gasteiger partial charge in [-0.2, -0.15) is 0 Å². The van der Waals surface area contributed by atoms with Crippen LogP contribution in [0.1, 0.15) is 11.5 Å². The van der Waals surface area contributed by atoms with E-state index < -0.39 is 24.3 Å². The van der Waals surface area contributed by atoms with Crippen molar-refractivity contribution in [1.29, 1.82) is 0 Å². The molecule has 82 valence electrons. The molecule has 0 radical (unpaired) electrons. The van der Waals surface area contributed by atoms with E-state index in [4.69, 9.17) is 16.7 Å². The van der Waals surface area contributed by atoms with E-state index in [-0.39, 0.29) is 5.02 Å². The topological polar surface area (TPSA) is 46.5 Å². The molecule has 0 aliphatic rings. The van der Waals surface area contributed by atoms with Gasteiger partial charge < -0.3 is 9.84 Å². The highest BCUT2D eigenvalue weighted by Crippen LogP contribution is 2.22. The Hall–Kier alpha value is -1.13. The lowest BCUT2D eigenvalue weighted by Gasteiger charge is -2.12. The van der Waals surface area contributed by atoms with Crippen LogP contribution in [0.4, 0.5) is 4.39 Å². The predicted molar refractivity (Wildman–Crippen MR) is 53.3 cm³/mol. The zero-order valence-corrected chi connectivity index (χ0v) is 8.79. The molecule has 1 aromatic carbocycles. The van der Waals surface area contributed by atoms with E-state index in [1.54, 1.807) is 0 Å². The molecule has 0 aliphatic carbocycles. The van der Waals surface area contributed by atoms with Crippen LogP contribution in [0.5, 0.6) is 0 Å². The summed E-state index contributed by atoms with van der Waals surface area (Å²) in [5.41, 5.74) is 0.300. The second-order valence-electron chi connectivity index (χ2n) is 2.96. The van der Waals surface area contributed by atoms with Crippen molar-refractivity contribution < 1.29 is 19.0 Å². The van der Waals surface area contributed by atoms with E-state index in [0.29, 0.717) is 5.56 Å². The normalized spacial score (nSPS) is 12.3. The zero-order chi connectivity index (χ0) is 11.4. The maximum absolute atomic E-state index is 13.0. The van der Waals surface area contributed by atoms with Gasteiger partial charge in [0.15, 0.2) is 0 Å². The molecular formula is C10H10ClFO3. The number of methoxy groups -OCH3 is 1. The highest BCUT2D eigenvalue weighted by atomic mass is 35.5.